The van der Waals surface area contributed by atoms with E-state index in [-0.39, 0.29) is 5.91 Å². The van der Waals surface area contributed by atoms with Crippen molar-refractivity contribution in [3.63, 3.8) is 0 Å². The van der Waals surface area contributed by atoms with Crippen molar-refractivity contribution >= 4 is 23.1 Å². The highest BCUT2D eigenvalue weighted by atomic mass is 32.1. The van der Waals surface area contributed by atoms with Crippen LogP contribution < -0.4 is 11.1 Å². The van der Waals surface area contributed by atoms with E-state index < -0.39 is 5.41 Å². The first-order valence-corrected chi connectivity index (χ1v) is 9.17. The summed E-state index contributed by atoms with van der Waals surface area (Å²) in [5.74, 6) is 0.113. The molecule has 0 saturated heterocycles. The number of carbonyl (C=O) groups is 1. The first-order chi connectivity index (χ1) is 10.1. The summed E-state index contributed by atoms with van der Waals surface area (Å²) in [6.45, 7) is 0. The van der Waals surface area contributed by atoms with Gasteiger partial charge in [-0.25, -0.2) is 0 Å². The van der Waals surface area contributed by atoms with Crippen molar-refractivity contribution < 1.29 is 4.79 Å². The Kier molecular flexibility index (Phi) is 6.46. The van der Waals surface area contributed by atoms with E-state index in [1.54, 1.807) is 0 Å². The zero-order valence-corrected chi connectivity index (χ0v) is 14.0. The molecule has 21 heavy (non-hydrogen) atoms. The van der Waals surface area contributed by atoms with E-state index in [4.69, 9.17) is 18.0 Å². The summed E-state index contributed by atoms with van der Waals surface area (Å²) in [6.07, 6.45) is 14.8. The van der Waals surface area contributed by atoms with Crippen LogP contribution in [0.25, 0.3) is 0 Å². The van der Waals surface area contributed by atoms with Gasteiger partial charge in [0.1, 0.15) is 0 Å². The van der Waals surface area contributed by atoms with Gasteiger partial charge in [0.05, 0.1) is 10.4 Å². The van der Waals surface area contributed by atoms with Crippen molar-refractivity contribution in [2.75, 3.05) is 0 Å². The van der Waals surface area contributed by atoms with E-state index in [0.29, 0.717) is 11.0 Å². The molecule has 0 heterocycles. The van der Waals surface area contributed by atoms with Gasteiger partial charge in [-0.1, -0.05) is 70.0 Å². The van der Waals surface area contributed by atoms with Gasteiger partial charge in [-0.05, 0) is 25.7 Å². The zero-order chi connectivity index (χ0) is 15.1. The van der Waals surface area contributed by atoms with Crippen LogP contribution >= 0.6 is 12.2 Å². The summed E-state index contributed by atoms with van der Waals surface area (Å²) in [7, 11) is 0. The van der Waals surface area contributed by atoms with E-state index in [1.807, 2.05) is 0 Å². The molecule has 2 aliphatic rings. The molecule has 0 aromatic heterocycles. The summed E-state index contributed by atoms with van der Waals surface area (Å²) >= 11 is 5.30. The van der Waals surface area contributed by atoms with E-state index in [9.17, 15) is 4.79 Å². The smallest absolute Gasteiger partial charge is 0.233 e. The molecule has 2 fully saturated rings. The van der Waals surface area contributed by atoms with Gasteiger partial charge in [-0.3, -0.25) is 4.79 Å². The summed E-state index contributed by atoms with van der Waals surface area (Å²) in [6, 6.07) is 0.326. The van der Waals surface area contributed by atoms with Gasteiger partial charge >= 0.3 is 0 Å². The average Bonchev–Trinajstić information content (AvgIpc) is 2.68. The van der Waals surface area contributed by atoms with Crippen molar-refractivity contribution in [1.82, 2.24) is 5.32 Å². The molecule has 2 rings (SSSR count). The number of thiocarbonyl (C=S) groups is 1. The minimum absolute atomic E-state index is 0.113. The third kappa shape index (κ3) is 4.41. The second-order valence-corrected chi connectivity index (χ2v) is 7.32. The van der Waals surface area contributed by atoms with E-state index in [0.717, 1.165) is 38.5 Å². The number of nitrogens with one attached hydrogen (secondary N) is 1. The van der Waals surface area contributed by atoms with Gasteiger partial charge < -0.3 is 11.1 Å². The molecule has 2 aliphatic carbocycles. The molecule has 0 unspecified atom stereocenters. The van der Waals surface area contributed by atoms with E-state index >= 15 is 0 Å². The normalized spacial score (nSPS) is 24.4. The molecule has 120 valence electrons. The first-order valence-electron chi connectivity index (χ1n) is 8.76. The lowest BCUT2D eigenvalue weighted by molar-refractivity contribution is -0.129. The number of amides is 1. The highest BCUT2D eigenvalue weighted by Gasteiger charge is 2.42. The first kappa shape index (κ1) is 16.7. The lowest BCUT2D eigenvalue weighted by Gasteiger charge is -2.33. The average molecular weight is 311 g/mol. The second kappa shape index (κ2) is 8.11. The number of hydrogen-bond acceptors (Lipinski definition) is 2. The molecule has 0 radical (unpaired) electrons. The van der Waals surface area contributed by atoms with Crippen LogP contribution in [0.5, 0.6) is 0 Å². The molecular weight excluding hydrogens is 280 g/mol. The Morgan fingerprint density at radius 1 is 0.905 bits per heavy atom. The molecule has 3 N–H and O–H groups in total. The van der Waals surface area contributed by atoms with Gasteiger partial charge in [-0.15, -0.1) is 0 Å². The largest absolute Gasteiger partial charge is 0.392 e. The fourth-order valence-corrected chi connectivity index (χ4v) is 4.14. The number of carbonyl (C=O) groups excluding carboxylic acids is 1. The highest BCUT2D eigenvalue weighted by molar-refractivity contribution is 7.80. The molecule has 0 aliphatic heterocycles. The molecule has 0 atom stereocenters. The molecule has 0 aromatic rings. The zero-order valence-electron chi connectivity index (χ0n) is 13.2. The molecule has 0 bridgehead atoms. The van der Waals surface area contributed by atoms with Crippen LogP contribution in [0.1, 0.15) is 83.5 Å². The van der Waals surface area contributed by atoms with Crippen LogP contribution in [0.4, 0.5) is 0 Å². The number of rotatable bonds is 3. The molecule has 0 spiro atoms. The van der Waals surface area contributed by atoms with Gasteiger partial charge in [0.25, 0.3) is 0 Å². The summed E-state index contributed by atoms with van der Waals surface area (Å²) in [5.41, 5.74) is 5.43. The molecule has 4 heteroatoms. The van der Waals surface area contributed by atoms with Crippen molar-refractivity contribution in [3.05, 3.63) is 0 Å². The molecule has 1 amide bonds. The van der Waals surface area contributed by atoms with Crippen LogP contribution in [-0.2, 0) is 4.79 Å². The topological polar surface area (TPSA) is 55.1 Å². The Balaban J connectivity index is 2.01. The van der Waals surface area contributed by atoms with Crippen molar-refractivity contribution in [1.29, 1.82) is 0 Å². The molecule has 0 aromatic carbocycles. The van der Waals surface area contributed by atoms with E-state index in [1.165, 1.54) is 44.9 Å². The standard InChI is InChI=1S/C17H30N2OS/c18-15(21)17(12-8-4-5-9-13-17)16(20)19-14-10-6-2-1-3-7-11-14/h14H,1-13H2,(H2,18,21)(H,19,20). The molecular formula is C17H30N2OS. The van der Waals surface area contributed by atoms with Crippen molar-refractivity contribution in [3.8, 4) is 0 Å². The Hall–Kier alpha value is -0.640. The highest BCUT2D eigenvalue weighted by Crippen LogP contribution is 2.36. The minimum atomic E-state index is -0.575. The maximum atomic E-state index is 12.9. The minimum Gasteiger partial charge on any atom is -0.392 e. The number of hydrogen-bond donors (Lipinski definition) is 2. The molecule has 3 nitrogen and oxygen atoms in total. The van der Waals surface area contributed by atoms with Crippen molar-refractivity contribution in [2.24, 2.45) is 11.1 Å². The van der Waals surface area contributed by atoms with Crippen molar-refractivity contribution in [2.45, 2.75) is 89.5 Å². The summed E-state index contributed by atoms with van der Waals surface area (Å²) < 4.78 is 0. The quantitative estimate of drug-likeness (QED) is 0.615. The fourth-order valence-electron chi connectivity index (χ4n) is 3.84. The number of nitrogens with two attached hydrogens (primary N) is 1. The Bertz CT molecular complexity index is 354. The predicted molar refractivity (Wildman–Crippen MR) is 91.2 cm³/mol. The predicted octanol–water partition coefficient (Wildman–Crippen LogP) is 3.84. The lowest BCUT2D eigenvalue weighted by atomic mass is 9.79. The Morgan fingerprint density at radius 3 is 1.90 bits per heavy atom. The van der Waals surface area contributed by atoms with Crippen LogP contribution in [-0.4, -0.2) is 16.9 Å². The van der Waals surface area contributed by atoms with Crippen LogP contribution in [0.2, 0.25) is 0 Å². The maximum absolute atomic E-state index is 12.9. The van der Waals surface area contributed by atoms with Crippen LogP contribution in [0, 0.1) is 5.41 Å². The van der Waals surface area contributed by atoms with E-state index in [2.05, 4.69) is 5.32 Å². The van der Waals surface area contributed by atoms with Gasteiger partial charge in [-0.2, -0.15) is 0 Å². The second-order valence-electron chi connectivity index (χ2n) is 6.88. The Labute approximate surface area is 134 Å². The lowest BCUT2D eigenvalue weighted by Crippen LogP contribution is -2.51. The van der Waals surface area contributed by atoms with Gasteiger partial charge in [0.15, 0.2) is 0 Å². The van der Waals surface area contributed by atoms with Gasteiger partial charge in [0.2, 0.25) is 5.91 Å². The Morgan fingerprint density at radius 2 is 1.38 bits per heavy atom. The SMILES string of the molecule is NC(=S)C1(C(=O)NC2CCCCCCC2)CCCCCC1. The van der Waals surface area contributed by atoms with Crippen LogP contribution in [0.3, 0.4) is 0 Å². The maximum Gasteiger partial charge on any atom is 0.233 e. The monoisotopic (exact) mass is 310 g/mol. The fraction of sp³-hybridized carbons (Fsp3) is 0.882. The van der Waals surface area contributed by atoms with Gasteiger partial charge in [0, 0.05) is 6.04 Å². The third-order valence-electron chi connectivity index (χ3n) is 5.30. The summed E-state index contributed by atoms with van der Waals surface area (Å²) in [5, 5.41) is 3.30. The molecule has 2 saturated carbocycles. The third-order valence-corrected chi connectivity index (χ3v) is 5.69. The summed E-state index contributed by atoms with van der Waals surface area (Å²) in [4.78, 5) is 13.3. The van der Waals surface area contributed by atoms with Crippen LogP contribution in [0.15, 0.2) is 0 Å².